The van der Waals surface area contributed by atoms with E-state index in [0.29, 0.717) is 35.0 Å². The van der Waals surface area contributed by atoms with E-state index < -0.39 is 12.1 Å². The molecule has 0 saturated carbocycles. The van der Waals surface area contributed by atoms with E-state index in [1.807, 2.05) is 71.8 Å². The van der Waals surface area contributed by atoms with Gasteiger partial charge in [0.25, 0.3) is 11.8 Å². The van der Waals surface area contributed by atoms with Crippen molar-refractivity contribution in [3.63, 3.8) is 0 Å². The minimum Gasteiger partial charge on any atom is -0.453 e. The van der Waals surface area contributed by atoms with Gasteiger partial charge >= 0.3 is 6.09 Å². The van der Waals surface area contributed by atoms with Gasteiger partial charge in [-0.2, -0.15) is 0 Å². The molecule has 2 saturated heterocycles. The Morgan fingerprint density at radius 2 is 1.22 bits per heavy atom. The van der Waals surface area contributed by atoms with Crippen LogP contribution in [0.2, 0.25) is 0 Å². The highest BCUT2D eigenvalue weighted by Gasteiger charge is 2.38. The summed E-state index contributed by atoms with van der Waals surface area (Å²) in [5.41, 5.74) is 8.02. The number of nitrogens with zero attached hydrogens (tertiary/aromatic N) is 6. The van der Waals surface area contributed by atoms with Crippen molar-refractivity contribution in [2.24, 2.45) is 0 Å². The number of amides is 3. The average molecular weight is 804 g/mol. The number of nitrogens with one attached hydrogen (secondary N) is 3. The summed E-state index contributed by atoms with van der Waals surface area (Å²) >= 11 is 1.13. The van der Waals surface area contributed by atoms with Crippen LogP contribution in [0, 0.1) is 0 Å². The molecule has 9 rings (SSSR count). The molecule has 0 bridgehead atoms. The van der Waals surface area contributed by atoms with Gasteiger partial charge in [-0.25, -0.2) is 14.8 Å². The van der Waals surface area contributed by atoms with Crippen molar-refractivity contribution >= 4 is 29.4 Å². The number of alkyl carbamates (subject to hydrolysis) is 1. The lowest BCUT2D eigenvalue weighted by atomic mass is 10.0. The Labute approximate surface area is 344 Å². The molecule has 0 aliphatic carbocycles. The SMILES string of the molecule is COC(=O)N[C@@H](C(=O)N1CCC[C@H]1c1ncc(-c2ccc(-c3ccc(-c4cnc([C@@H]5CCCN5C(=O)c5snnc5-c5ccccc5)[nH]4)cc3)cc2)[nH]1)c1ccccc1. The molecule has 296 valence electrons. The first-order valence-corrected chi connectivity index (χ1v) is 20.4. The zero-order valence-electron chi connectivity index (χ0n) is 32.2. The minimum atomic E-state index is -0.875. The third kappa shape index (κ3) is 7.62. The van der Waals surface area contributed by atoms with Crippen LogP contribution in [0.3, 0.4) is 0 Å². The molecule has 3 aromatic heterocycles. The number of hydrogen-bond donors (Lipinski definition) is 3. The number of aromatic nitrogens is 6. The highest BCUT2D eigenvalue weighted by atomic mass is 32.1. The van der Waals surface area contributed by atoms with Crippen LogP contribution in [0.5, 0.6) is 0 Å². The van der Waals surface area contributed by atoms with Crippen molar-refractivity contribution in [3.8, 4) is 44.9 Å². The lowest BCUT2D eigenvalue weighted by molar-refractivity contribution is -0.134. The molecule has 0 spiro atoms. The van der Waals surface area contributed by atoms with Crippen LogP contribution in [-0.2, 0) is 9.53 Å². The molecule has 2 aliphatic heterocycles. The van der Waals surface area contributed by atoms with Gasteiger partial charge in [0, 0.05) is 18.7 Å². The number of imidazole rings is 2. The number of benzene rings is 4. The van der Waals surface area contributed by atoms with E-state index in [4.69, 9.17) is 14.7 Å². The number of carbonyl (C=O) groups is 3. The molecule has 3 N–H and O–H groups in total. The summed E-state index contributed by atoms with van der Waals surface area (Å²) in [5.74, 6) is 1.20. The molecule has 0 radical (unpaired) electrons. The summed E-state index contributed by atoms with van der Waals surface area (Å²) in [6.07, 6.45) is 6.27. The number of likely N-dealkylation sites (tertiary alicyclic amines) is 2. The maximum Gasteiger partial charge on any atom is 0.407 e. The number of ether oxygens (including phenoxy) is 1. The van der Waals surface area contributed by atoms with Gasteiger partial charge in [0.05, 0.1) is 43.0 Å². The van der Waals surface area contributed by atoms with Gasteiger partial charge in [-0.1, -0.05) is 114 Å². The second-order valence-electron chi connectivity index (χ2n) is 14.7. The molecule has 3 atom stereocenters. The molecule has 3 amide bonds. The third-order valence-electron chi connectivity index (χ3n) is 11.2. The first-order chi connectivity index (χ1) is 28.9. The normalized spacial score (nSPS) is 16.9. The van der Waals surface area contributed by atoms with Crippen LogP contribution in [0.15, 0.2) is 122 Å². The molecule has 2 fully saturated rings. The maximum absolute atomic E-state index is 13.9. The predicted octanol–water partition coefficient (Wildman–Crippen LogP) is 8.39. The molecule has 2 aliphatic rings. The minimum absolute atomic E-state index is 0.0707. The van der Waals surface area contributed by atoms with E-state index in [2.05, 4.69) is 73.4 Å². The Kier molecular flexibility index (Phi) is 10.5. The summed E-state index contributed by atoms with van der Waals surface area (Å²) in [5, 5.41) is 7.00. The Hall–Kier alpha value is -6.93. The zero-order chi connectivity index (χ0) is 40.3. The number of methoxy groups -OCH3 is 1. The second kappa shape index (κ2) is 16.5. The van der Waals surface area contributed by atoms with Crippen molar-refractivity contribution < 1.29 is 19.1 Å². The van der Waals surface area contributed by atoms with E-state index in [-0.39, 0.29) is 23.9 Å². The number of hydrogen-bond acceptors (Lipinski definition) is 9. The fourth-order valence-electron chi connectivity index (χ4n) is 8.12. The summed E-state index contributed by atoms with van der Waals surface area (Å²) in [7, 11) is 1.28. The quantitative estimate of drug-likeness (QED) is 0.124. The van der Waals surface area contributed by atoms with Crippen molar-refractivity contribution in [3.05, 3.63) is 144 Å². The predicted molar refractivity (Wildman–Crippen MR) is 224 cm³/mol. The summed E-state index contributed by atoms with van der Waals surface area (Å²) in [6, 6.07) is 34.2. The highest BCUT2D eigenvalue weighted by molar-refractivity contribution is 7.08. The summed E-state index contributed by atoms with van der Waals surface area (Å²) in [4.78, 5) is 60.6. The van der Waals surface area contributed by atoms with Crippen LogP contribution in [0.1, 0.15) is 70.7 Å². The van der Waals surface area contributed by atoms with Crippen molar-refractivity contribution in [1.29, 1.82) is 0 Å². The van der Waals surface area contributed by atoms with E-state index in [1.54, 1.807) is 11.1 Å². The number of rotatable bonds is 10. The smallest absolute Gasteiger partial charge is 0.407 e. The Bertz CT molecular complexity index is 2570. The Balaban J connectivity index is 0.860. The molecule has 4 aromatic carbocycles. The molecular weight excluding hydrogens is 763 g/mol. The van der Waals surface area contributed by atoms with E-state index in [0.717, 1.165) is 82.2 Å². The van der Waals surface area contributed by atoms with Crippen LogP contribution in [0.4, 0.5) is 4.79 Å². The van der Waals surface area contributed by atoms with Gasteiger partial charge in [-0.3, -0.25) is 9.59 Å². The van der Waals surface area contributed by atoms with Crippen LogP contribution in [0.25, 0.3) is 44.9 Å². The fraction of sp³-hybridized carbons (Fsp3) is 0.222. The number of aromatic amines is 2. The van der Waals surface area contributed by atoms with Gasteiger partial charge < -0.3 is 29.8 Å². The molecular formula is C45H41N9O4S. The Morgan fingerprint density at radius 1 is 0.695 bits per heavy atom. The lowest BCUT2D eigenvalue weighted by Crippen LogP contribution is -2.42. The first-order valence-electron chi connectivity index (χ1n) is 19.6. The molecule has 0 unspecified atom stereocenters. The number of H-pyrrole nitrogens is 2. The molecule has 14 heteroatoms. The van der Waals surface area contributed by atoms with E-state index >= 15 is 0 Å². The molecule has 13 nitrogen and oxygen atoms in total. The van der Waals surface area contributed by atoms with Crippen molar-refractivity contribution in [2.45, 2.75) is 43.8 Å². The van der Waals surface area contributed by atoms with Gasteiger partial charge in [-0.15, -0.1) is 5.10 Å². The fourth-order valence-corrected chi connectivity index (χ4v) is 8.77. The first kappa shape index (κ1) is 37.6. The van der Waals surface area contributed by atoms with Gasteiger partial charge in [0.2, 0.25) is 0 Å². The van der Waals surface area contributed by atoms with Crippen LogP contribution in [-0.4, -0.2) is 77.4 Å². The Morgan fingerprint density at radius 3 is 1.80 bits per heavy atom. The zero-order valence-corrected chi connectivity index (χ0v) is 33.1. The van der Waals surface area contributed by atoms with Gasteiger partial charge in [0.15, 0.2) is 0 Å². The van der Waals surface area contributed by atoms with Crippen molar-refractivity contribution in [2.75, 3.05) is 20.2 Å². The average Bonchev–Trinajstić information content (AvgIpc) is 4.15. The monoisotopic (exact) mass is 803 g/mol. The lowest BCUT2D eigenvalue weighted by Gasteiger charge is -2.28. The van der Waals surface area contributed by atoms with Gasteiger partial charge in [-0.05, 0) is 65.0 Å². The van der Waals surface area contributed by atoms with Crippen molar-refractivity contribution in [1.82, 2.24) is 44.6 Å². The van der Waals surface area contributed by atoms with Gasteiger partial charge in [0.1, 0.15) is 28.3 Å². The second-order valence-corrected chi connectivity index (χ2v) is 15.4. The van der Waals surface area contributed by atoms with Crippen LogP contribution >= 0.6 is 11.5 Å². The summed E-state index contributed by atoms with van der Waals surface area (Å²) in [6.45, 7) is 1.21. The van der Waals surface area contributed by atoms with E-state index in [9.17, 15) is 14.4 Å². The summed E-state index contributed by atoms with van der Waals surface area (Å²) < 4.78 is 8.95. The van der Waals surface area contributed by atoms with Crippen LogP contribution < -0.4 is 5.32 Å². The largest absolute Gasteiger partial charge is 0.453 e. The maximum atomic E-state index is 13.9. The number of carbonyl (C=O) groups excluding carboxylic acids is 3. The molecule has 7 aromatic rings. The molecule has 5 heterocycles. The highest BCUT2D eigenvalue weighted by Crippen LogP contribution is 2.37. The topological polar surface area (TPSA) is 162 Å². The van der Waals surface area contributed by atoms with E-state index in [1.165, 1.54) is 7.11 Å². The molecule has 59 heavy (non-hydrogen) atoms. The standard InChI is InChI=1S/C45H41N9O4S/c1-58-45(57)50-39(33-12-6-3-7-13-33)43(55)53-24-8-14-36(53)41-46-26-34(48-41)30-20-16-28(17-21-30)29-18-22-31(23-19-29)35-27-47-42(49-35)37-15-9-25-54(37)44(56)40-38(51-52-59-40)32-10-4-2-5-11-32/h2-7,10-13,16-23,26-27,36-37,39H,8-9,14-15,24-25H2,1H3,(H,46,48)(H,47,49)(H,50,57)/t36-,37-,39+/m0/s1. The third-order valence-corrected chi connectivity index (χ3v) is 11.9.